The van der Waals surface area contributed by atoms with Crippen LogP contribution in [0.2, 0.25) is 0 Å². The van der Waals surface area contributed by atoms with Crippen molar-refractivity contribution in [3.8, 4) is 56.0 Å². The second-order valence-corrected chi connectivity index (χ2v) is 13.2. The fourth-order valence-electron chi connectivity index (χ4n) is 8.42. The molecule has 0 fully saturated rings. The highest BCUT2D eigenvalue weighted by Gasteiger charge is 2.23. The minimum atomic E-state index is 0.894. The zero-order valence-corrected chi connectivity index (χ0v) is 26.6. The van der Waals surface area contributed by atoms with Gasteiger partial charge in [-0.15, -0.1) is 0 Å². The van der Waals surface area contributed by atoms with E-state index in [1.807, 2.05) is 0 Å². The van der Waals surface area contributed by atoms with Crippen LogP contribution in [-0.4, -0.2) is 0 Å². The van der Waals surface area contributed by atoms with Crippen molar-refractivity contribution in [2.24, 2.45) is 0 Å². The van der Waals surface area contributed by atoms with E-state index in [9.17, 15) is 0 Å². The van der Waals surface area contributed by atoms with Gasteiger partial charge < -0.3 is 4.74 Å². The Bertz CT molecular complexity index is 2940. The Kier molecular flexibility index (Phi) is 5.45. The Morgan fingerprint density at radius 1 is 0.265 bits per heavy atom. The molecule has 0 aliphatic carbocycles. The molecule has 226 valence electrons. The number of fused-ring (bicyclic) bond motifs is 3. The molecule has 0 bridgehead atoms. The molecule has 0 unspecified atom stereocenters. The predicted molar refractivity (Wildman–Crippen MR) is 207 cm³/mol. The Morgan fingerprint density at radius 2 is 0.837 bits per heavy atom. The molecule has 0 saturated carbocycles. The number of rotatable bonds is 3. The van der Waals surface area contributed by atoms with E-state index in [-0.39, 0.29) is 0 Å². The van der Waals surface area contributed by atoms with E-state index in [0.29, 0.717) is 0 Å². The van der Waals surface area contributed by atoms with Crippen molar-refractivity contribution in [2.75, 3.05) is 0 Å². The molecule has 10 aromatic rings. The molecule has 1 aliphatic rings. The van der Waals surface area contributed by atoms with Gasteiger partial charge in [0.2, 0.25) is 0 Å². The fraction of sp³-hybridized carbons (Fsp3) is 0. The number of benzene rings is 10. The first-order valence-corrected chi connectivity index (χ1v) is 16.9. The summed E-state index contributed by atoms with van der Waals surface area (Å²) in [6, 6.07) is 62.0. The van der Waals surface area contributed by atoms with E-state index in [1.54, 1.807) is 0 Å². The average Bonchev–Trinajstić information content (AvgIpc) is 3.17. The maximum absolute atomic E-state index is 6.59. The van der Waals surface area contributed by atoms with Gasteiger partial charge in [-0.2, -0.15) is 0 Å². The second kappa shape index (κ2) is 10.0. The van der Waals surface area contributed by atoms with Crippen molar-refractivity contribution >= 4 is 53.9 Å². The maximum Gasteiger partial charge on any atom is 0.135 e. The minimum absolute atomic E-state index is 0.894. The minimum Gasteiger partial charge on any atom is -0.456 e. The fourth-order valence-corrected chi connectivity index (χ4v) is 8.42. The molecular formula is C48H28O. The Balaban J connectivity index is 1.09. The quantitative estimate of drug-likeness (QED) is 0.179. The van der Waals surface area contributed by atoms with E-state index >= 15 is 0 Å². The molecule has 11 rings (SSSR count). The van der Waals surface area contributed by atoms with Crippen molar-refractivity contribution in [1.82, 2.24) is 0 Å². The summed E-state index contributed by atoms with van der Waals surface area (Å²) >= 11 is 0. The van der Waals surface area contributed by atoms with E-state index in [2.05, 4.69) is 170 Å². The van der Waals surface area contributed by atoms with Gasteiger partial charge >= 0.3 is 0 Å². The molecule has 0 amide bonds. The molecule has 1 heterocycles. The van der Waals surface area contributed by atoms with E-state index in [0.717, 1.165) is 17.1 Å². The van der Waals surface area contributed by atoms with Gasteiger partial charge in [0.05, 0.1) is 0 Å². The van der Waals surface area contributed by atoms with Crippen molar-refractivity contribution in [3.05, 3.63) is 170 Å². The summed E-state index contributed by atoms with van der Waals surface area (Å²) in [5.74, 6) is 1.81. The molecule has 0 N–H and O–H groups in total. The molecule has 0 radical (unpaired) electrons. The lowest BCUT2D eigenvalue weighted by molar-refractivity contribution is 0.487. The summed E-state index contributed by atoms with van der Waals surface area (Å²) in [5, 5.41) is 12.7. The first-order valence-electron chi connectivity index (χ1n) is 16.9. The normalized spacial score (nSPS) is 12.2. The van der Waals surface area contributed by atoms with Crippen LogP contribution in [0.1, 0.15) is 0 Å². The molecule has 0 aromatic heterocycles. The summed E-state index contributed by atoms with van der Waals surface area (Å²) in [4.78, 5) is 0. The van der Waals surface area contributed by atoms with Gasteiger partial charge in [0.15, 0.2) is 0 Å². The molecule has 49 heavy (non-hydrogen) atoms. The van der Waals surface area contributed by atoms with Crippen LogP contribution < -0.4 is 4.74 Å². The lowest BCUT2D eigenvalue weighted by atomic mass is 9.86. The van der Waals surface area contributed by atoms with Crippen molar-refractivity contribution < 1.29 is 4.74 Å². The highest BCUT2D eigenvalue weighted by atomic mass is 16.5. The van der Waals surface area contributed by atoms with Gasteiger partial charge in [0.25, 0.3) is 0 Å². The monoisotopic (exact) mass is 620 g/mol. The van der Waals surface area contributed by atoms with Crippen molar-refractivity contribution in [1.29, 1.82) is 0 Å². The van der Waals surface area contributed by atoms with Crippen molar-refractivity contribution in [2.45, 2.75) is 0 Å². The number of hydrogen-bond acceptors (Lipinski definition) is 1. The van der Waals surface area contributed by atoms with Crippen LogP contribution in [0.25, 0.3) is 98.4 Å². The van der Waals surface area contributed by atoms with E-state index < -0.39 is 0 Å². The highest BCUT2D eigenvalue weighted by Crippen LogP contribution is 2.50. The number of ether oxygens (including phenoxy) is 1. The number of hydrogen-bond donors (Lipinski definition) is 0. The zero-order chi connectivity index (χ0) is 32.1. The third-order valence-corrected chi connectivity index (χ3v) is 10.6. The highest BCUT2D eigenvalue weighted by molar-refractivity contribution is 6.26. The van der Waals surface area contributed by atoms with Crippen LogP contribution in [0.3, 0.4) is 0 Å². The van der Waals surface area contributed by atoms with Gasteiger partial charge in [0, 0.05) is 10.9 Å². The SMILES string of the molecule is c1ccc(-c2ccc3c4c(cccc24)-c2cc(-c4ccc(-c5ccc6ccc7cccc8ccc5c6c78)c5ccccc45)ccc2O3)cc1. The molecule has 0 spiro atoms. The third kappa shape index (κ3) is 3.82. The van der Waals surface area contributed by atoms with Gasteiger partial charge in [0.1, 0.15) is 11.5 Å². The average molecular weight is 621 g/mol. The molecule has 0 saturated heterocycles. The molecule has 10 aromatic carbocycles. The molecule has 1 heteroatoms. The first-order chi connectivity index (χ1) is 24.3. The lowest BCUT2D eigenvalue weighted by Crippen LogP contribution is -1.98. The van der Waals surface area contributed by atoms with Crippen LogP contribution in [0.4, 0.5) is 0 Å². The second-order valence-electron chi connectivity index (χ2n) is 13.2. The van der Waals surface area contributed by atoms with Crippen LogP contribution in [-0.2, 0) is 0 Å². The van der Waals surface area contributed by atoms with Gasteiger partial charge in [-0.05, 0) is 106 Å². The smallest absolute Gasteiger partial charge is 0.135 e. The summed E-state index contributed by atoms with van der Waals surface area (Å²) in [5.41, 5.74) is 9.69. The van der Waals surface area contributed by atoms with Crippen LogP contribution in [0.15, 0.2) is 170 Å². The lowest BCUT2D eigenvalue weighted by Gasteiger charge is -2.23. The molecule has 1 aliphatic heterocycles. The summed E-state index contributed by atoms with van der Waals surface area (Å²) in [6.45, 7) is 0. The first kappa shape index (κ1) is 26.6. The molecular weight excluding hydrogens is 593 g/mol. The zero-order valence-electron chi connectivity index (χ0n) is 26.6. The topological polar surface area (TPSA) is 9.23 Å². The van der Waals surface area contributed by atoms with Gasteiger partial charge in [-0.1, -0.05) is 152 Å². The largest absolute Gasteiger partial charge is 0.456 e. The van der Waals surface area contributed by atoms with Crippen LogP contribution >= 0.6 is 0 Å². The van der Waals surface area contributed by atoms with Crippen LogP contribution in [0.5, 0.6) is 11.5 Å². The maximum atomic E-state index is 6.59. The van der Waals surface area contributed by atoms with Crippen LogP contribution in [0, 0.1) is 0 Å². The van der Waals surface area contributed by atoms with E-state index in [1.165, 1.54) is 92.8 Å². The Morgan fingerprint density at radius 3 is 1.69 bits per heavy atom. The van der Waals surface area contributed by atoms with Crippen molar-refractivity contribution in [3.63, 3.8) is 0 Å². The van der Waals surface area contributed by atoms with E-state index in [4.69, 9.17) is 4.74 Å². The predicted octanol–water partition coefficient (Wildman–Crippen LogP) is 13.7. The Labute approximate surface area is 283 Å². The standard InChI is InChI=1S/C48H28O/c1-2-8-29(9-3-1)34-25-27-45-48-40(34)14-7-15-41(48)43-28-33(20-26-44(43)49-45)35-23-24-38(37-13-5-4-12-36(35)37)39-21-18-32-17-16-30-10-6-11-31-19-22-42(39)47(32)46(30)31/h1-28H. The Hall–Kier alpha value is -6.44. The summed E-state index contributed by atoms with van der Waals surface area (Å²) < 4.78 is 6.59. The third-order valence-electron chi connectivity index (χ3n) is 10.6. The summed E-state index contributed by atoms with van der Waals surface area (Å²) in [7, 11) is 0. The molecule has 0 atom stereocenters. The summed E-state index contributed by atoms with van der Waals surface area (Å²) in [6.07, 6.45) is 0. The van der Waals surface area contributed by atoms with Gasteiger partial charge in [-0.25, -0.2) is 0 Å². The van der Waals surface area contributed by atoms with Gasteiger partial charge in [-0.3, -0.25) is 0 Å². The molecule has 1 nitrogen and oxygen atoms in total.